The summed E-state index contributed by atoms with van der Waals surface area (Å²) in [6.45, 7) is 5.24. The van der Waals surface area contributed by atoms with Crippen LogP contribution in [-0.4, -0.2) is 22.4 Å². The average molecular weight is 291 g/mol. The van der Waals surface area contributed by atoms with Crippen molar-refractivity contribution in [2.75, 3.05) is 6.61 Å². The van der Waals surface area contributed by atoms with Crippen molar-refractivity contribution in [3.05, 3.63) is 34.3 Å². The van der Waals surface area contributed by atoms with Gasteiger partial charge in [-0.3, -0.25) is 4.57 Å². The maximum Gasteiger partial charge on any atom is 0.419 e. The maximum atomic E-state index is 11.7. The monoisotopic (exact) mass is 291 g/mol. The third kappa shape index (κ3) is 2.40. The molecule has 114 valence electrons. The highest BCUT2D eigenvalue weighted by Gasteiger charge is 2.33. The molecule has 5 heteroatoms. The summed E-state index contributed by atoms with van der Waals surface area (Å²) >= 11 is 0. The number of benzene rings is 1. The lowest BCUT2D eigenvalue weighted by molar-refractivity contribution is 0.0308. The first-order valence-electron chi connectivity index (χ1n) is 7.58. The van der Waals surface area contributed by atoms with Crippen LogP contribution in [0.5, 0.6) is 0 Å². The number of oxazole rings is 1. The third-order valence-electron chi connectivity index (χ3n) is 4.42. The van der Waals surface area contributed by atoms with E-state index >= 15 is 0 Å². The van der Waals surface area contributed by atoms with Crippen LogP contribution >= 0.6 is 0 Å². The predicted octanol–water partition coefficient (Wildman–Crippen LogP) is 2.46. The molecule has 0 saturated carbocycles. The molecule has 0 radical (unpaired) electrons. The van der Waals surface area contributed by atoms with E-state index in [4.69, 9.17) is 9.15 Å². The van der Waals surface area contributed by atoms with Gasteiger partial charge in [-0.15, -0.1) is 0 Å². The van der Waals surface area contributed by atoms with Crippen molar-refractivity contribution in [2.24, 2.45) is 5.92 Å². The van der Waals surface area contributed by atoms with E-state index in [0.717, 1.165) is 23.9 Å². The lowest BCUT2D eigenvalue weighted by Gasteiger charge is -2.22. The smallest absolute Gasteiger partial charge is 0.408 e. The second-order valence-corrected chi connectivity index (χ2v) is 5.55. The first kappa shape index (κ1) is 14.4. The van der Waals surface area contributed by atoms with Crippen molar-refractivity contribution in [1.82, 2.24) is 4.57 Å². The molecule has 1 saturated heterocycles. The molecule has 1 aliphatic rings. The molecule has 0 aliphatic carbocycles. The molecular formula is C16H21NO4. The molecule has 1 fully saturated rings. The Morgan fingerprint density at radius 1 is 1.43 bits per heavy atom. The van der Waals surface area contributed by atoms with Crippen LogP contribution in [-0.2, 0) is 11.3 Å². The topological polar surface area (TPSA) is 64.6 Å². The molecule has 3 rings (SSSR count). The van der Waals surface area contributed by atoms with E-state index in [1.165, 1.54) is 0 Å². The number of fused-ring (bicyclic) bond motifs is 1. The van der Waals surface area contributed by atoms with Gasteiger partial charge in [0.05, 0.1) is 17.7 Å². The Balaban J connectivity index is 1.95. The van der Waals surface area contributed by atoms with Crippen LogP contribution in [0.3, 0.4) is 0 Å². The molecular weight excluding hydrogens is 270 g/mol. The summed E-state index contributed by atoms with van der Waals surface area (Å²) in [4.78, 5) is 11.7. The van der Waals surface area contributed by atoms with E-state index in [0.29, 0.717) is 18.7 Å². The van der Waals surface area contributed by atoms with Crippen LogP contribution in [0.2, 0.25) is 0 Å². The van der Waals surface area contributed by atoms with Crippen molar-refractivity contribution < 1.29 is 14.3 Å². The first-order chi connectivity index (χ1) is 10.2. The lowest BCUT2D eigenvalue weighted by Crippen LogP contribution is -2.22. The Hall–Kier alpha value is -1.59. The fourth-order valence-corrected chi connectivity index (χ4v) is 3.26. The van der Waals surface area contributed by atoms with E-state index in [1.807, 2.05) is 19.1 Å². The van der Waals surface area contributed by atoms with Crippen LogP contribution in [0.4, 0.5) is 0 Å². The van der Waals surface area contributed by atoms with E-state index in [9.17, 15) is 9.90 Å². The van der Waals surface area contributed by atoms with Gasteiger partial charge < -0.3 is 14.3 Å². The van der Waals surface area contributed by atoms with Gasteiger partial charge >= 0.3 is 5.76 Å². The minimum Gasteiger partial charge on any atom is -0.408 e. The third-order valence-corrected chi connectivity index (χ3v) is 4.42. The van der Waals surface area contributed by atoms with Crippen LogP contribution in [0.25, 0.3) is 11.1 Å². The van der Waals surface area contributed by atoms with E-state index in [2.05, 4.69) is 6.92 Å². The van der Waals surface area contributed by atoms with Gasteiger partial charge in [-0.25, -0.2) is 4.79 Å². The molecule has 3 unspecified atom stereocenters. The zero-order chi connectivity index (χ0) is 15.0. The number of aliphatic hydroxyl groups is 1. The van der Waals surface area contributed by atoms with Crippen molar-refractivity contribution in [3.63, 3.8) is 0 Å². The largest absolute Gasteiger partial charge is 0.419 e. The minimum absolute atomic E-state index is 0.0999. The Morgan fingerprint density at radius 2 is 2.24 bits per heavy atom. The molecule has 1 N–H and O–H groups in total. The van der Waals surface area contributed by atoms with Crippen molar-refractivity contribution in [2.45, 2.75) is 45.4 Å². The van der Waals surface area contributed by atoms with E-state index in [-0.39, 0.29) is 17.8 Å². The summed E-state index contributed by atoms with van der Waals surface area (Å²) in [5.41, 5.74) is 2.09. The number of hydrogen-bond donors (Lipinski definition) is 1. The lowest BCUT2D eigenvalue weighted by atomic mass is 9.89. The average Bonchev–Trinajstić information content (AvgIpc) is 3.08. The molecule has 2 heterocycles. The zero-order valence-corrected chi connectivity index (χ0v) is 12.4. The minimum atomic E-state index is -0.586. The summed E-state index contributed by atoms with van der Waals surface area (Å²) in [6.07, 6.45) is 1.27. The maximum absolute atomic E-state index is 11.7. The van der Waals surface area contributed by atoms with Gasteiger partial charge in [-0.2, -0.15) is 0 Å². The Labute approximate surface area is 123 Å². The number of aromatic nitrogens is 1. The van der Waals surface area contributed by atoms with Gasteiger partial charge in [0.1, 0.15) is 0 Å². The van der Waals surface area contributed by atoms with Gasteiger partial charge in [0.2, 0.25) is 0 Å². The molecule has 1 aliphatic heterocycles. The van der Waals surface area contributed by atoms with Crippen molar-refractivity contribution in [3.8, 4) is 0 Å². The fraction of sp³-hybridized carbons (Fsp3) is 0.562. The summed E-state index contributed by atoms with van der Waals surface area (Å²) in [7, 11) is 0. The Bertz CT molecular complexity index is 687. The second-order valence-electron chi connectivity index (χ2n) is 5.55. The first-order valence-corrected chi connectivity index (χ1v) is 7.58. The van der Waals surface area contributed by atoms with Gasteiger partial charge in [-0.1, -0.05) is 13.0 Å². The van der Waals surface area contributed by atoms with Gasteiger partial charge in [0.15, 0.2) is 5.58 Å². The number of nitrogens with zero attached hydrogens (tertiary/aromatic N) is 1. The van der Waals surface area contributed by atoms with Gasteiger partial charge in [0.25, 0.3) is 0 Å². The summed E-state index contributed by atoms with van der Waals surface area (Å²) in [6, 6.07) is 5.50. The van der Waals surface area contributed by atoms with Crippen LogP contribution in [0.1, 0.15) is 38.4 Å². The number of aliphatic hydroxyl groups excluding tert-OH is 1. The fourth-order valence-electron chi connectivity index (χ4n) is 3.26. The summed E-state index contributed by atoms with van der Waals surface area (Å²) in [5, 5.41) is 10.6. The van der Waals surface area contributed by atoms with Gasteiger partial charge in [-0.05, 0) is 37.5 Å². The van der Waals surface area contributed by atoms with Crippen molar-refractivity contribution in [1.29, 1.82) is 0 Å². The molecule has 2 aromatic rings. The second kappa shape index (κ2) is 5.66. The highest BCUT2D eigenvalue weighted by molar-refractivity contribution is 5.73. The molecule has 0 amide bonds. The van der Waals surface area contributed by atoms with Crippen LogP contribution < -0.4 is 5.76 Å². The quantitative estimate of drug-likeness (QED) is 0.940. The van der Waals surface area contributed by atoms with E-state index in [1.54, 1.807) is 10.6 Å². The SMILES string of the molecule is CCC1OCCC1C(O)c1ccc2c(c1)oc(=O)n2CC. The number of hydrogen-bond acceptors (Lipinski definition) is 4. The molecule has 1 aromatic carbocycles. The van der Waals surface area contributed by atoms with Crippen molar-refractivity contribution >= 4 is 11.1 Å². The molecule has 1 aromatic heterocycles. The number of aryl methyl sites for hydroxylation is 1. The standard InChI is InChI=1S/C16H21NO4/c1-3-13-11(7-8-20-13)15(18)10-5-6-12-14(9-10)21-16(19)17(12)4-2/h5-6,9,11,13,15,18H,3-4,7-8H2,1-2H3. The van der Waals surface area contributed by atoms with Crippen LogP contribution in [0, 0.1) is 5.92 Å². The predicted molar refractivity (Wildman–Crippen MR) is 79.2 cm³/mol. The highest BCUT2D eigenvalue weighted by atomic mass is 16.5. The molecule has 5 nitrogen and oxygen atoms in total. The van der Waals surface area contributed by atoms with E-state index < -0.39 is 6.10 Å². The molecule has 0 spiro atoms. The number of ether oxygens (including phenoxy) is 1. The van der Waals surface area contributed by atoms with Crippen LogP contribution in [0.15, 0.2) is 27.4 Å². The Morgan fingerprint density at radius 3 is 2.95 bits per heavy atom. The molecule has 0 bridgehead atoms. The Kier molecular flexibility index (Phi) is 3.87. The zero-order valence-electron chi connectivity index (χ0n) is 12.4. The van der Waals surface area contributed by atoms with Gasteiger partial charge in [0, 0.05) is 19.1 Å². The summed E-state index contributed by atoms with van der Waals surface area (Å²) in [5.74, 6) is -0.248. The molecule has 21 heavy (non-hydrogen) atoms. The normalized spacial score (nSPS) is 23.8. The highest BCUT2D eigenvalue weighted by Crippen LogP contribution is 2.35. The molecule has 3 atom stereocenters. The summed E-state index contributed by atoms with van der Waals surface area (Å²) < 4.78 is 12.5. The number of rotatable bonds is 4.